The molecule has 25 heavy (non-hydrogen) atoms. The molecule has 1 aromatic rings. The van der Waals surface area contributed by atoms with Gasteiger partial charge < -0.3 is 15.2 Å². The van der Waals surface area contributed by atoms with Crippen LogP contribution in [0.3, 0.4) is 0 Å². The first-order valence-electron chi connectivity index (χ1n) is 9.01. The van der Waals surface area contributed by atoms with Crippen LogP contribution in [-0.2, 0) is 4.74 Å². The van der Waals surface area contributed by atoms with Crippen molar-refractivity contribution in [2.24, 2.45) is 11.7 Å². The predicted octanol–water partition coefficient (Wildman–Crippen LogP) is 2.67. The molecule has 1 amide bonds. The molecule has 2 aliphatic rings. The van der Waals surface area contributed by atoms with E-state index in [9.17, 15) is 4.79 Å². The molecule has 1 heterocycles. The quantitative estimate of drug-likeness (QED) is 0.888. The molecule has 1 aromatic carbocycles. The highest BCUT2D eigenvalue weighted by atomic mass is 16.6. The smallest absolute Gasteiger partial charge is 0.404 e. The molecule has 0 radical (unpaired) electrons. The van der Waals surface area contributed by atoms with Gasteiger partial charge in [0, 0.05) is 25.0 Å². The van der Waals surface area contributed by atoms with Crippen LogP contribution in [-0.4, -0.2) is 42.8 Å². The number of hydrogen-bond acceptors (Lipinski definition) is 5. The molecule has 2 N–H and O–H groups in total. The van der Waals surface area contributed by atoms with Crippen LogP contribution in [0.5, 0.6) is 5.75 Å². The molecular weight excluding hydrogens is 318 g/mol. The first-order valence-corrected chi connectivity index (χ1v) is 9.01. The van der Waals surface area contributed by atoms with Crippen LogP contribution in [0.25, 0.3) is 0 Å². The van der Waals surface area contributed by atoms with Crippen LogP contribution in [0.15, 0.2) is 24.3 Å². The van der Waals surface area contributed by atoms with Crippen molar-refractivity contribution >= 4 is 6.09 Å². The summed E-state index contributed by atoms with van der Waals surface area (Å²) in [5.41, 5.74) is 5.79. The van der Waals surface area contributed by atoms with E-state index in [4.69, 9.17) is 20.5 Å². The minimum atomic E-state index is -0.667. The lowest BCUT2D eigenvalue weighted by Crippen LogP contribution is -2.54. The average Bonchev–Trinajstić information content (AvgIpc) is 2.63. The van der Waals surface area contributed by atoms with E-state index >= 15 is 0 Å². The van der Waals surface area contributed by atoms with Crippen molar-refractivity contribution in [3.63, 3.8) is 0 Å². The zero-order valence-electron chi connectivity index (χ0n) is 14.4. The summed E-state index contributed by atoms with van der Waals surface area (Å²) in [5, 5.41) is 9.13. The molecule has 3 unspecified atom stereocenters. The van der Waals surface area contributed by atoms with Crippen LogP contribution < -0.4 is 10.5 Å². The number of rotatable bonds is 5. The number of benzene rings is 1. The largest absolute Gasteiger partial charge is 0.491 e. The summed E-state index contributed by atoms with van der Waals surface area (Å²) in [4.78, 5) is 13.6. The Bertz CT molecular complexity index is 643. The summed E-state index contributed by atoms with van der Waals surface area (Å²) in [6, 6.07) is 9.87. The predicted molar refractivity (Wildman–Crippen MR) is 93.0 cm³/mol. The molecule has 1 aliphatic carbocycles. The Morgan fingerprint density at radius 2 is 2.08 bits per heavy atom. The lowest BCUT2D eigenvalue weighted by Gasteiger charge is -2.47. The number of carbonyl (C=O) groups excluding carboxylic acids is 1. The van der Waals surface area contributed by atoms with Gasteiger partial charge in [-0.3, -0.25) is 4.90 Å². The molecule has 0 aromatic heterocycles. The number of nitriles is 1. The molecule has 0 bridgehead atoms. The third kappa shape index (κ3) is 4.23. The third-order valence-corrected chi connectivity index (χ3v) is 5.34. The van der Waals surface area contributed by atoms with E-state index in [1.165, 1.54) is 12.8 Å². The number of carbonyl (C=O) groups is 1. The molecule has 3 rings (SSSR count). The normalized spacial score (nSPS) is 26.3. The van der Waals surface area contributed by atoms with Gasteiger partial charge in [0.2, 0.25) is 0 Å². The van der Waals surface area contributed by atoms with Crippen molar-refractivity contribution in [1.29, 1.82) is 5.26 Å². The number of fused-ring (bicyclic) bond motifs is 1. The molecule has 6 nitrogen and oxygen atoms in total. The van der Waals surface area contributed by atoms with Crippen molar-refractivity contribution < 1.29 is 14.3 Å². The van der Waals surface area contributed by atoms with Crippen LogP contribution in [0.1, 0.15) is 37.7 Å². The Morgan fingerprint density at radius 3 is 2.88 bits per heavy atom. The summed E-state index contributed by atoms with van der Waals surface area (Å²) in [6.45, 7) is 2.23. The number of piperidine rings is 1. The number of likely N-dealkylation sites (tertiary alicyclic amines) is 1. The number of ether oxygens (including phenoxy) is 2. The van der Waals surface area contributed by atoms with Gasteiger partial charge in [-0.05, 0) is 31.4 Å². The van der Waals surface area contributed by atoms with Crippen LogP contribution in [0, 0.1) is 17.2 Å². The number of hydrogen-bond donors (Lipinski definition) is 1. The van der Waals surface area contributed by atoms with E-state index in [2.05, 4.69) is 11.0 Å². The minimum Gasteiger partial charge on any atom is -0.491 e. The van der Waals surface area contributed by atoms with E-state index in [0.717, 1.165) is 32.4 Å². The Kier molecular flexibility index (Phi) is 5.77. The number of nitrogens with zero attached hydrogens (tertiary/aromatic N) is 2. The molecule has 3 atom stereocenters. The Balaban J connectivity index is 1.57. The highest BCUT2D eigenvalue weighted by Crippen LogP contribution is 2.36. The Hall–Kier alpha value is -2.26. The fraction of sp³-hybridized carbons (Fsp3) is 0.579. The van der Waals surface area contributed by atoms with Gasteiger partial charge in [-0.15, -0.1) is 0 Å². The number of para-hydroxylation sites is 1. The average molecular weight is 343 g/mol. The second kappa shape index (κ2) is 8.21. The maximum atomic E-state index is 11.2. The van der Waals surface area contributed by atoms with E-state index < -0.39 is 6.09 Å². The van der Waals surface area contributed by atoms with Gasteiger partial charge in [-0.1, -0.05) is 25.0 Å². The molecule has 6 heteroatoms. The van der Waals surface area contributed by atoms with E-state index in [1.54, 1.807) is 6.07 Å². The summed E-state index contributed by atoms with van der Waals surface area (Å²) in [5.74, 6) is 0.999. The third-order valence-electron chi connectivity index (χ3n) is 5.34. The van der Waals surface area contributed by atoms with Crippen LogP contribution in [0.4, 0.5) is 4.79 Å². The fourth-order valence-electron chi connectivity index (χ4n) is 4.23. The van der Waals surface area contributed by atoms with Gasteiger partial charge in [-0.2, -0.15) is 5.26 Å². The van der Waals surface area contributed by atoms with Crippen molar-refractivity contribution in [3.05, 3.63) is 29.8 Å². The Labute approximate surface area is 148 Å². The van der Waals surface area contributed by atoms with Gasteiger partial charge in [-0.25, -0.2) is 4.79 Å². The van der Waals surface area contributed by atoms with Gasteiger partial charge >= 0.3 is 6.09 Å². The number of nitrogens with two attached hydrogens (primary N) is 1. The summed E-state index contributed by atoms with van der Waals surface area (Å²) in [6.07, 6.45) is 4.69. The molecule has 134 valence electrons. The second-order valence-corrected chi connectivity index (χ2v) is 6.77. The molecule has 1 saturated heterocycles. The van der Waals surface area contributed by atoms with Crippen molar-refractivity contribution in [2.45, 2.75) is 44.2 Å². The van der Waals surface area contributed by atoms with Gasteiger partial charge in [0.05, 0.1) is 5.56 Å². The van der Waals surface area contributed by atoms with Crippen molar-refractivity contribution in [3.8, 4) is 11.8 Å². The summed E-state index contributed by atoms with van der Waals surface area (Å²) >= 11 is 0. The van der Waals surface area contributed by atoms with Gasteiger partial charge in [0.1, 0.15) is 24.5 Å². The molecule has 0 spiro atoms. The highest BCUT2D eigenvalue weighted by molar-refractivity contribution is 5.64. The molecular formula is C19H25N3O3. The van der Waals surface area contributed by atoms with E-state index in [0.29, 0.717) is 29.9 Å². The van der Waals surface area contributed by atoms with Gasteiger partial charge in [0.15, 0.2) is 0 Å². The standard InChI is InChI=1S/C19H25N3O3/c20-13-14-5-1-4-8-17(14)24-12-11-22-10-9-18(25-19(21)23)15-6-2-3-7-16(15)22/h1,4-5,8,15-16,18H,2-3,6-7,9-12H2,(H2,21,23). The first-order chi connectivity index (χ1) is 12.2. The SMILES string of the molecule is N#Cc1ccccc1OCCN1CCC(OC(N)=O)C2CCCCC21. The van der Waals surface area contributed by atoms with Crippen LogP contribution >= 0.6 is 0 Å². The maximum Gasteiger partial charge on any atom is 0.404 e. The molecule has 1 aliphatic heterocycles. The first kappa shape index (κ1) is 17.6. The van der Waals surface area contributed by atoms with Crippen molar-refractivity contribution in [1.82, 2.24) is 4.90 Å². The lowest BCUT2D eigenvalue weighted by molar-refractivity contribution is -0.0443. The zero-order valence-corrected chi connectivity index (χ0v) is 14.4. The molecule has 2 fully saturated rings. The zero-order chi connectivity index (χ0) is 17.6. The topological polar surface area (TPSA) is 88.6 Å². The second-order valence-electron chi connectivity index (χ2n) is 6.77. The number of primary amides is 1. The Morgan fingerprint density at radius 1 is 1.28 bits per heavy atom. The molecule has 1 saturated carbocycles. The highest BCUT2D eigenvalue weighted by Gasteiger charge is 2.40. The summed E-state index contributed by atoms with van der Waals surface area (Å²) in [7, 11) is 0. The monoisotopic (exact) mass is 343 g/mol. The minimum absolute atomic E-state index is 0.0562. The van der Waals surface area contributed by atoms with Crippen molar-refractivity contribution in [2.75, 3.05) is 19.7 Å². The van der Waals surface area contributed by atoms with E-state index in [1.807, 2.05) is 18.2 Å². The summed E-state index contributed by atoms with van der Waals surface area (Å²) < 4.78 is 11.2. The maximum absolute atomic E-state index is 11.2. The van der Waals surface area contributed by atoms with Crippen LogP contribution in [0.2, 0.25) is 0 Å². The number of amides is 1. The van der Waals surface area contributed by atoms with Gasteiger partial charge in [0.25, 0.3) is 0 Å². The lowest BCUT2D eigenvalue weighted by atomic mass is 9.76. The van der Waals surface area contributed by atoms with E-state index in [-0.39, 0.29) is 6.10 Å². The fourth-order valence-corrected chi connectivity index (χ4v) is 4.23.